The fourth-order valence-corrected chi connectivity index (χ4v) is 2.51. The number of hydrogen-bond acceptors (Lipinski definition) is 4. The summed E-state index contributed by atoms with van der Waals surface area (Å²) in [6.45, 7) is 4.90. The van der Waals surface area contributed by atoms with Crippen molar-refractivity contribution in [3.63, 3.8) is 0 Å². The van der Waals surface area contributed by atoms with Gasteiger partial charge in [0.05, 0.1) is 5.69 Å². The summed E-state index contributed by atoms with van der Waals surface area (Å²) in [5.74, 6) is -0.990. The number of rotatable bonds is 5. The average Bonchev–Trinajstić information content (AvgIpc) is 2.65. The molecule has 1 aromatic rings. The Labute approximate surface area is 134 Å². The lowest BCUT2D eigenvalue weighted by Gasteiger charge is -2.36. The first-order valence-corrected chi connectivity index (χ1v) is 7.48. The lowest BCUT2D eigenvalue weighted by atomic mass is 9.91. The normalized spacial score (nSPS) is 27.0. The zero-order chi connectivity index (χ0) is 17.3. The minimum atomic E-state index is -1.52. The molecule has 2 amide bonds. The number of nitrogens with one attached hydrogen (secondary N) is 1. The van der Waals surface area contributed by atoms with Crippen LogP contribution in [0.2, 0.25) is 0 Å². The second-order valence-corrected chi connectivity index (χ2v) is 5.90. The molecule has 0 saturated carbocycles. The van der Waals surface area contributed by atoms with Gasteiger partial charge < -0.3 is 15.2 Å². The molecule has 23 heavy (non-hydrogen) atoms. The summed E-state index contributed by atoms with van der Waals surface area (Å²) >= 11 is 0. The van der Waals surface area contributed by atoms with Gasteiger partial charge in [0, 0.05) is 13.0 Å². The van der Waals surface area contributed by atoms with Crippen molar-refractivity contribution < 1.29 is 23.8 Å². The van der Waals surface area contributed by atoms with E-state index >= 15 is 0 Å². The Morgan fingerprint density at radius 1 is 1.39 bits per heavy atom. The Kier molecular flexibility index (Phi) is 4.61. The highest BCUT2D eigenvalue weighted by molar-refractivity contribution is 5.91. The Balaban J connectivity index is 1.99. The lowest BCUT2D eigenvalue weighted by Crippen LogP contribution is -2.55. The van der Waals surface area contributed by atoms with Crippen molar-refractivity contribution in [3.05, 3.63) is 30.1 Å². The van der Waals surface area contributed by atoms with E-state index in [-0.39, 0.29) is 18.7 Å². The van der Waals surface area contributed by atoms with E-state index in [4.69, 9.17) is 4.74 Å². The second kappa shape index (κ2) is 6.16. The molecule has 0 aromatic heterocycles. The van der Waals surface area contributed by atoms with Crippen molar-refractivity contribution in [3.8, 4) is 0 Å². The highest BCUT2D eigenvalue weighted by Crippen LogP contribution is 2.39. The van der Waals surface area contributed by atoms with Gasteiger partial charge in [0.15, 0.2) is 11.3 Å². The maximum Gasteiger partial charge on any atom is 0.412 e. The van der Waals surface area contributed by atoms with Gasteiger partial charge in [-0.3, -0.25) is 9.69 Å². The number of cyclic esters (lactones) is 1. The predicted molar refractivity (Wildman–Crippen MR) is 82.2 cm³/mol. The van der Waals surface area contributed by atoms with Crippen molar-refractivity contribution >= 4 is 17.7 Å². The third-order valence-corrected chi connectivity index (χ3v) is 4.45. The van der Waals surface area contributed by atoms with Gasteiger partial charge in [0.2, 0.25) is 5.91 Å². The van der Waals surface area contributed by atoms with Crippen LogP contribution in [0.1, 0.15) is 33.6 Å². The van der Waals surface area contributed by atoms with Crippen LogP contribution < -0.4 is 5.32 Å². The smallest absolute Gasteiger partial charge is 0.412 e. The molecule has 2 N–H and O–H groups in total. The van der Waals surface area contributed by atoms with Gasteiger partial charge in [-0.2, -0.15) is 0 Å². The number of para-hydroxylation sites is 1. The van der Waals surface area contributed by atoms with Crippen LogP contribution >= 0.6 is 0 Å². The lowest BCUT2D eigenvalue weighted by molar-refractivity contribution is -0.139. The summed E-state index contributed by atoms with van der Waals surface area (Å²) in [4.78, 5) is 25.0. The summed E-state index contributed by atoms with van der Waals surface area (Å²) in [6.07, 6.45) is -0.318. The van der Waals surface area contributed by atoms with Gasteiger partial charge in [-0.05, 0) is 32.4 Å². The molecule has 1 aliphatic rings. The van der Waals surface area contributed by atoms with E-state index < -0.39 is 29.1 Å². The maximum absolute atomic E-state index is 13.5. The second-order valence-electron chi connectivity index (χ2n) is 5.90. The summed E-state index contributed by atoms with van der Waals surface area (Å²) in [6, 6.07) is 5.81. The predicted octanol–water partition coefficient (Wildman–Crippen LogP) is 2.48. The van der Waals surface area contributed by atoms with Crippen molar-refractivity contribution in [1.29, 1.82) is 0 Å². The highest BCUT2D eigenvalue weighted by atomic mass is 19.1. The first kappa shape index (κ1) is 17.2. The molecule has 1 saturated heterocycles. The molecule has 2 rings (SSSR count). The molecule has 2 unspecified atom stereocenters. The van der Waals surface area contributed by atoms with Gasteiger partial charge in [0.1, 0.15) is 5.82 Å². The van der Waals surface area contributed by atoms with E-state index in [0.29, 0.717) is 6.42 Å². The van der Waals surface area contributed by atoms with Crippen LogP contribution in [0.4, 0.5) is 14.9 Å². The van der Waals surface area contributed by atoms with Crippen LogP contribution in [0.5, 0.6) is 0 Å². The molecule has 0 aliphatic carbocycles. The van der Waals surface area contributed by atoms with Crippen LogP contribution in [-0.2, 0) is 9.53 Å². The third-order valence-electron chi connectivity index (χ3n) is 4.45. The minimum Gasteiger partial charge on any atom is -0.438 e. The number of nitrogens with zero attached hydrogens (tertiary/aromatic N) is 1. The van der Waals surface area contributed by atoms with Gasteiger partial charge in [-0.15, -0.1) is 0 Å². The summed E-state index contributed by atoms with van der Waals surface area (Å²) in [5, 5.41) is 13.0. The highest BCUT2D eigenvalue weighted by Gasteiger charge is 2.58. The molecule has 1 heterocycles. The monoisotopic (exact) mass is 324 g/mol. The Bertz CT molecular complexity index is 620. The topological polar surface area (TPSA) is 78.9 Å². The molecule has 0 spiro atoms. The Morgan fingerprint density at radius 2 is 2.04 bits per heavy atom. The molecular formula is C16H21FN2O4. The molecule has 126 valence electrons. The standard InChI is InChI=1S/C16H21FN2O4/c1-4-15(2)16(3,22)19(14(21)23-15)10-9-13(20)18-12-8-6-5-7-11(12)17/h5-8,22H,4,9-10H2,1-3H3,(H,18,20). The molecule has 1 aliphatic heterocycles. The molecule has 7 heteroatoms. The van der Waals surface area contributed by atoms with Crippen LogP contribution in [0.15, 0.2) is 24.3 Å². The molecule has 1 fully saturated rings. The summed E-state index contributed by atoms with van der Waals surface area (Å²) in [7, 11) is 0. The number of carbonyl (C=O) groups is 2. The van der Waals surface area contributed by atoms with E-state index in [0.717, 1.165) is 4.90 Å². The first-order valence-electron chi connectivity index (χ1n) is 7.48. The number of ether oxygens (including phenoxy) is 1. The van der Waals surface area contributed by atoms with Crippen molar-refractivity contribution in [2.75, 3.05) is 11.9 Å². The average molecular weight is 324 g/mol. The van der Waals surface area contributed by atoms with Crippen molar-refractivity contribution in [1.82, 2.24) is 4.90 Å². The van der Waals surface area contributed by atoms with Crippen LogP contribution in [0.25, 0.3) is 0 Å². The fourth-order valence-electron chi connectivity index (χ4n) is 2.51. The van der Waals surface area contributed by atoms with E-state index in [2.05, 4.69) is 5.32 Å². The van der Waals surface area contributed by atoms with E-state index in [1.54, 1.807) is 19.9 Å². The number of halogens is 1. The fraction of sp³-hybridized carbons (Fsp3) is 0.500. The molecule has 6 nitrogen and oxygen atoms in total. The zero-order valence-electron chi connectivity index (χ0n) is 13.4. The van der Waals surface area contributed by atoms with Crippen LogP contribution in [0.3, 0.4) is 0 Å². The largest absolute Gasteiger partial charge is 0.438 e. The maximum atomic E-state index is 13.5. The van der Waals surface area contributed by atoms with Crippen LogP contribution in [-0.4, -0.2) is 39.9 Å². The van der Waals surface area contributed by atoms with E-state index in [1.807, 2.05) is 0 Å². The Morgan fingerprint density at radius 3 is 2.61 bits per heavy atom. The number of anilines is 1. The minimum absolute atomic E-state index is 0.0261. The Hall–Kier alpha value is -2.15. The molecular weight excluding hydrogens is 303 g/mol. The number of carbonyl (C=O) groups excluding carboxylic acids is 2. The van der Waals surface area contributed by atoms with Crippen molar-refractivity contribution in [2.24, 2.45) is 0 Å². The zero-order valence-corrected chi connectivity index (χ0v) is 13.4. The number of hydrogen-bond donors (Lipinski definition) is 2. The SMILES string of the molecule is CCC1(C)OC(=O)N(CCC(=O)Nc2ccccc2F)C1(C)O. The number of aliphatic hydroxyl groups is 1. The first-order chi connectivity index (χ1) is 10.7. The van der Waals surface area contributed by atoms with Crippen molar-refractivity contribution in [2.45, 2.75) is 44.9 Å². The van der Waals surface area contributed by atoms with E-state index in [1.165, 1.54) is 25.1 Å². The molecule has 1 aromatic carbocycles. The van der Waals surface area contributed by atoms with Crippen LogP contribution in [0, 0.1) is 5.82 Å². The number of benzene rings is 1. The molecule has 2 atom stereocenters. The van der Waals surface area contributed by atoms with E-state index in [9.17, 15) is 19.1 Å². The summed E-state index contributed by atoms with van der Waals surface area (Å²) < 4.78 is 18.7. The molecule has 0 bridgehead atoms. The quantitative estimate of drug-likeness (QED) is 0.872. The molecule has 0 radical (unpaired) electrons. The summed E-state index contributed by atoms with van der Waals surface area (Å²) in [5.41, 5.74) is -2.48. The van der Waals surface area contributed by atoms with Gasteiger partial charge >= 0.3 is 6.09 Å². The van der Waals surface area contributed by atoms with Gasteiger partial charge in [0.25, 0.3) is 0 Å². The van der Waals surface area contributed by atoms with Gasteiger partial charge in [-0.25, -0.2) is 9.18 Å². The number of amides is 2. The third kappa shape index (κ3) is 3.14. The van der Waals surface area contributed by atoms with Gasteiger partial charge in [-0.1, -0.05) is 19.1 Å².